The summed E-state index contributed by atoms with van der Waals surface area (Å²) in [6.45, 7) is 1.42. The van der Waals surface area contributed by atoms with Gasteiger partial charge >= 0.3 is 6.18 Å². The first-order valence-electron chi connectivity index (χ1n) is 8.49. The third-order valence-corrected chi connectivity index (χ3v) is 4.61. The number of halogens is 4. The van der Waals surface area contributed by atoms with E-state index in [1.807, 2.05) is 30.3 Å². The van der Waals surface area contributed by atoms with Gasteiger partial charge in [-0.2, -0.15) is 13.2 Å². The molecule has 0 bridgehead atoms. The van der Waals surface area contributed by atoms with E-state index in [1.54, 1.807) is 0 Å². The van der Waals surface area contributed by atoms with Crippen LogP contribution in [0.4, 0.5) is 18.9 Å². The molecule has 1 N–H and O–H groups in total. The molecule has 0 aromatic heterocycles. The number of fused-ring (bicyclic) bond motifs is 1. The molecule has 3 rings (SSSR count). The second-order valence-electron chi connectivity index (χ2n) is 6.41. The minimum absolute atomic E-state index is 0.0752. The average Bonchev–Trinajstić information content (AvgIpc) is 2.61. The zero-order valence-electron chi connectivity index (χ0n) is 14.8. The highest BCUT2D eigenvalue weighted by molar-refractivity contribution is 6.35. The maximum Gasteiger partial charge on any atom is 0.418 e. The Balaban J connectivity index is 2.00. The lowest BCUT2D eigenvalue weighted by Gasteiger charge is -2.28. The van der Waals surface area contributed by atoms with Gasteiger partial charge in [0.2, 0.25) is 0 Å². The van der Waals surface area contributed by atoms with Gasteiger partial charge in [0, 0.05) is 17.1 Å². The van der Waals surface area contributed by atoms with Gasteiger partial charge in [0.05, 0.1) is 11.3 Å². The number of Topliss-reactive ketones (excluding diaryl/α,β-unsaturated/α-hetero) is 2. The van der Waals surface area contributed by atoms with E-state index in [4.69, 9.17) is 11.6 Å². The molecule has 1 atom stereocenters. The predicted molar refractivity (Wildman–Crippen MR) is 101 cm³/mol. The Morgan fingerprint density at radius 2 is 1.89 bits per heavy atom. The average molecular weight is 409 g/mol. The number of aliphatic imine (C=N–C) groups is 1. The Labute approximate surface area is 164 Å². The topological polar surface area (TPSA) is 58.5 Å². The van der Waals surface area contributed by atoms with Crippen LogP contribution in [0.1, 0.15) is 28.4 Å². The minimum Gasteiger partial charge on any atom is -0.342 e. The maximum absolute atomic E-state index is 13.4. The Hall–Kier alpha value is -2.67. The molecule has 0 saturated carbocycles. The maximum atomic E-state index is 13.4. The van der Waals surface area contributed by atoms with Gasteiger partial charge in [0.25, 0.3) is 0 Å². The highest BCUT2D eigenvalue weighted by Gasteiger charge is 2.42. The number of carbonyl (C=O) groups excluding carboxylic acids is 2. The Kier molecular flexibility index (Phi) is 5.56. The second kappa shape index (κ2) is 7.75. The van der Waals surface area contributed by atoms with E-state index in [2.05, 4.69) is 10.3 Å². The third-order valence-electron chi connectivity index (χ3n) is 4.39. The fourth-order valence-corrected chi connectivity index (χ4v) is 3.32. The van der Waals surface area contributed by atoms with E-state index in [9.17, 15) is 22.8 Å². The summed E-state index contributed by atoms with van der Waals surface area (Å²) in [4.78, 5) is 29.0. The van der Waals surface area contributed by atoms with Crippen molar-refractivity contribution >= 4 is 34.7 Å². The molecule has 8 heteroatoms. The number of hydrogen-bond acceptors (Lipinski definition) is 3. The van der Waals surface area contributed by atoms with Gasteiger partial charge in [-0.3, -0.25) is 14.6 Å². The largest absolute Gasteiger partial charge is 0.418 e. The molecule has 146 valence electrons. The summed E-state index contributed by atoms with van der Waals surface area (Å²) in [6.07, 6.45) is -4.20. The molecule has 0 fully saturated rings. The molecule has 2 aromatic carbocycles. The van der Waals surface area contributed by atoms with E-state index in [-0.39, 0.29) is 23.0 Å². The lowest BCUT2D eigenvalue weighted by molar-refractivity contribution is -0.136. The first kappa shape index (κ1) is 20.1. The van der Waals surface area contributed by atoms with Crippen LogP contribution < -0.4 is 5.32 Å². The molecule has 0 radical (unpaired) electrons. The molecule has 4 nitrogen and oxygen atoms in total. The molecular weight excluding hydrogens is 393 g/mol. The van der Waals surface area contributed by atoms with Crippen molar-refractivity contribution in [2.75, 3.05) is 11.9 Å². The van der Waals surface area contributed by atoms with Crippen LogP contribution in [-0.2, 0) is 17.4 Å². The lowest BCUT2D eigenvalue weighted by atomic mass is 9.87. The van der Waals surface area contributed by atoms with Gasteiger partial charge in [-0.25, -0.2) is 0 Å². The number of rotatable bonds is 4. The van der Waals surface area contributed by atoms with E-state index < -0.39 is 34.9 Å². The monoisotopic (exact) mass is 408 g/mol. The van der Waals surface area contributed by atoms with E-state index in [0.717, 1.165) is 17.7 Å². The molecule has 0 amide bonds. The molecule has 1 heterocycles. The van der Waals surface area contributed by atoms with Crippen molar-refractivity contribution in [2.45, 2.75) is 19.5 Å². The Morgan fingerprint density at radius 3 is 2.50 bits per heavy atom. The number of hydrogen-bond donors (Lipinski definition) is 1. The molecule has 0 spiro atoms. The van der Waals surface area contributed by atoms with E-state index in [0.29, 0.717) is 6.42 Å². The fourth-order valence-electron chi connectivity index (χ4n) is 3.10. The van der Waals surface area contributed by atoms with Gasteiger partial charge < -0.3 is 5.32 Å². The summed E-state index contributed by atoms with van der Waals surface area (Å²) < 4.78 is 40.3. The molecule has 28 heavy (non-hydrogen) atoms. The van der Waals surface area contributed by atoms with Crippen LogP contribution in [0.3, 0.4) is 0 Å². The fraction of sp³-hybridized carbons (Fsp3) is 0.250. The Bertz CT molecular complexity index is 956. The number of benzene rings is 2. The van der Waals surface area contributed by atoms with Crippen molar-refractivity contribution in [1.29, 1.82) is 0 Å². The quantitative estimate of drug-likeness (QED) is 0.738. The van der Waals surface area contributed by atoms with Crippen molar-refractivity contribution in [1.82, 2.24) is 0 Å². The summed E-state index contributed by atoms with van der Waals surface area (Å²) >= 11 is 5.77. The van der Waals surface area contributed by atoms with Gasteiger partial charge in [-0.1, -0.05) is 41.9 Å². The summed E-state index contributed by atoms with van der Waals surface area (Å²) in [7, 11) is 0. The van der Waals surface area contributed by atoms with Crippen LogP contribution in [0.15, 0.2) is 47.5 Å². The highest BCUT2D eigenvalue weighted by Crippen LogP contribution is 2.41. The number of amidine groups is 1. The molecule has 2 aromatic rings. The predicted octanol–water partition coefficient (Wildman–Crippen LogP) is 4.81. The molecule has 1 aliphatic rings. The number of nitrogens with zero attached hydrogens (tertiary/aromatic N) is 1. The van der Waals surface area contributed by atoms with Crippen molar-refractivity contribution in [2.24, 2.45) is 10.9 Å². The number of nitrogens with one attached hydrogen (secondary N) is 1. The van der Waals surface area contributed by atoms with Crippen LogP contribution in [0, 0.1) is 5.92 Å². The molecular formula is C20H16ClF3N2O2. The van der Waals surface area contributed by atoms with E-state index in [1.165, 1.54) is 6.92 Å². The first-order chi connectivity index (χ1) is 13.2. The zero-order valence-corrected chi connectivity index (χ0v) is 15.6. The summed E-state index contributed by atoms with van der Waals surface area (Å²) in [5, 5.41) is 2.35. The summed E-state index contributed by atoms with van der Waals surface area (Å²) in [6, 6.07) is 11.2. The van der Waals surface area contributed by atoms with Gasteiger partial charge in [-0.05, 0) is 31.0 Å². The standard InChI is InChI=1S/C20H16ClF3N2O2/c1-11(27)16-18(28)14-9-13(21)10-15(20(22,23)24)17(14)26-19(16)25-8-7-12-5-3-2-4-6-12/h2-6,9-10,16H,7-8H2,1H3,(H,25,26). The number of anilines is 1. The van der Waals surface area contributed by atoms with Crippen molar-refractivity contribution in [3.63, 3.8) is 0 Å². The van der Waals surface area contributed by atoms with Gasteiger partial charge in [-0.15, -0.1) is 0 Å². The van der Waals surface area contributed by atoms with Crippen LogP contribution in [0.5, 0.6) is 0 Å². The second-order valence-corrected chi connectivity index (χ2v) is 6.85. The SMILES string of the molecule is CC(=O)C1C(=O)c2cc(Cl)cc(C(F)(F)F)c2NC1=NCCc1ccccc1. The highest BCUT2D eigenvalue weighted by atomic mass is 35.5. The van der Waals surface area contributed by atoms with Crippen molar-refractivity contribution in [3.05, 3.63) is 64.2 Å². The normalized spacial score (nSPS) is 18.0. The molecule has 0 saturated heterocycles. The third kappa shape index (κ3) is 4.09. The minimum atomic E-state index is -4.72. The van der Waals surface area contributed by atoms with Crippen LogP contribution in [-0.4, -0.2) is 23.9 Å². The van der Waals surface area contributed by atoms with Crippen molar-refractivity contribution < 1.29 is 22.8 Å². The molecule has 1 unspecified atom stereocenters. The van der Waals surface area contributed by atoms with Crippen molar-refractivity contribution in [3.8, 4) is 0 Å². The summed E-state index contributed by atoms with van der Waals surface area (Å²) in [5.74, 6) is -2.60. The Morgan fingerprint density at radius 1 is 1.21 bits per heavy atom. The van der Waals surface area contributed by atoms with Crippen LogP contribution in [0.2, 0.25) is 5.02 Å². The smallest absolute Gasteiger partial charge is 0.342 e. The number of alkyl halides is 3. The van der Waals surface area contributed by atoms with Crippen LogP contribution in [0.25, 0.3) is 0 Å². The zero-order chi connectivity index (χ0) is 20.5. The summed E-state index contributed by atoms with van der Waals surface area (Å²) in [5.41, 5.74) is -0.766. The van der Waals surface area contributed by atoms with Gasteiger partial charge in [0.15, 0.2) is 5.78 Å². The molecule has 0 aliphatic carbocycles. The number of carbonyl (C=O) groups is 2. The van der Waals surface area contributed by atoms with Crippen LogP contribution >= 0.6 is 11.6 Å². The van der Waals surface area contributed by atoms with E-state index >= 15 is 0 Å². The molecule has 1 aliphatic heterocycles. The first-order valence-corrected chi connectivity index (χ1v) is 8.87. The lowest BCUT2D eigenvalue weighted by Crippen LogP contribution is -2.40. The number of ketones is 2. The van der Waals surface area contributed by atoms with Gasteiger partial charge in [0.1, 0.15) is 17.5 Å².